The molecule has 3 aromatic rings. The Hall–Kier alpha value is -3.41. The van der Waals surface area contributed by atoms with E-state index in [2.05, 4.69) is 10.4 Å². The van der Waals surface area contributed by atoms with Crippen LogP contribution in [0.25, 0.3) is 5.69 Å². The van der Waals surface area contributed by atoms with Gasteiger partial charge in [0.25, 0.3) is 11.8 Å². The Labute approximate surface area is 151 Å². The second-order valence-electron chi connectivity index (χ2n) is 6.05. The number of rotatable bonds is 6. The van der Waals surface area contributed by atoms with E-state index in [1.54, 1.807) is 12.1 Å². The van der Waals surface area contributed by atoms with Gasteiger partial charge in [-0.25, -0.2) is 4.68 Å². The van der Waals surface area contributed by atoms with Crippen LogP contribution < -0.4 is 11.1 Å². The van der Waals surface area contributed by atoms with Crippen LogP contribution >= 0.6 is 0 Å². The molecule has 6 heteroatoms. The number of nitrogens with two attached hydrogens (primary N) is 1. The number of para-hydroxylation sites is 1. The minimum Gasteiger partial charge on any atom is -0.364 e. The van der Waals surface area contributed by atoms with Crippen LogP contribution in [0.15, 0.2) is 66.7 Å². The second kappa shape index (κ2) is 7.65. The molecule has 6 nitrogen and oxygen atoms in total. The van der Waals surface area contributed by atoms with Crippen LogP contribution in [0.3, 0.4) is 0 Å². The first-order valence-electron chi connectivity index (χ1n) is 8.34. The normalized spacial score (nSPS) is 11.7. The summed E-state index contributed by atoms with van der Waals surface area (Å²) in [5, 5.41) is 7.12. The summed E-state index contributed by atoms with van der Waals surface area (Å²) in [6.45, 7) is 2.50. The number of benzene rings is 2. The minimum atomic E-state index is -0.641. The monoisotopic (exact) mass is 348 g/mol. The van der Waals surface area contributed by atoms with E-state index in [-0.39, 0.29) is 23.2 Å². The van der Waals surface area contributed by atoms with E-state index in [0.29, 0.717) is 12.2 Å². The number of hydrogen-bond acceptors (Lipinski definition) is 3. The zero-order chi connectivity index (χ0) is 18.5. The maximum absolute atomic E-state index is 12.5. The summed E-state index contributed by atoms with van der Waals surface area (Å²) >= 11 is 0. The molecule has 0 bridgehead atoms. The molecule has 3 N–H and O–H groups in total. The van der Waals surface area contributed by atoms with Crippen molar-refractivity contribution in [1.82, 2.24) is 15.1 Å². The Bertz CT molecular complexity index is 904. The fourth-order valence-electron chi connectivity index (χ4n) is 2.67. The molecule has 0 aliphatic rings. The first-order valence-corrected chi connectivity index (χ1v) is 8.34. The average Bonchev–Trinajstić information content (AvgIpc) is 3.13. The molecule has 0 spiro atoms. The molecule has 1 heterocycles. The van der Waals surface area contributed by atoms with Crippen molar-refractivity contribution in [3.8, 4) is 5.69 Å². The number of carbonyl (C=O) groups is 2. The lowest BCUT2D eigenvalue weighted by atomic mass is 10.0. The summed E-state index contributed by atoms with van der Waals surface area (Å²) in [5.74, 6) is -0.824. The van der Waals surface area contributed by atoms with Gasteiger partial charge >= 0.3 is 0 Å². The fraction of sp³-hybridized carbons (Fsp3) is 0.150. The summed E-state index contributed by atoms with van der Waals surface area (Å²) in [7, 11) is 0. The lowest BCUT2D eigenvalue weighted by molar-refractivity contribution is 0.0945. The van der Waals surface area contributed by atoms with E-state index in [9.17, 15) is 9.59 Å². The molecular formula is C20H20N4O2. The minimum absolute atomic E-state index is 0.155. The van der Waals surface area contributed by atoms with Crippen LogP contribution in [-0.2, 0) is 0 Å². The third-order valence-corrected chi connectivity index (χ3v) is 4.13. The number of hydrogen-bond donors (Lipinski definition) is 2. The molecule has 0 unspecified atom stereocenters. The number of carbonyl (C=O) groups excluding carboxylic acids is 2. The molecule has 2 amide bonds. The Morgan fingerprint density at radius 2 is 1.69 bits per heavy atom. The van der Waals surface area contributed by atoms with Gasteiger partial charge in [-0.1, -0.05) is 55.5 Å². The Morgan fingerprint density at radius 3 is 2.31 bits per heavy atom. The molecule has 0 fully saturated rings. The lowest BCUT2D eigenvalue weighted by Gasteiger charge is -2.12. The van der Waals surface area contributed by atoms with Crippen molar-refractivity contribution in [2.24, 2.45) is 5.73 Å². The maximum Gasteiger partial charge on any atom is 0.271 e. The third-order valence-electron chi connectivity index (χ3n) is 4.13. The largest absolute Gasteiger partial charge is 0.364 e. The van der Waals surface area contributed by atoms with Crippen molar-refractivity contribution in [2.75, 3.05) is 6.54 Å². The highest BCUT2D eigenvalue weighted by atomic mass is 16.2. The van der Waals surface area contributed by atoms with E-state index in [1.807, 2.05) is 55.5 Å². The molecule has 0 aliphatic heterocycles. The van der Waals surface area contributed by atoms with Gasteiger partial charge in [0.15, 0.2) is 5.69 Å². The number of nitrogens with zero attached hydrogens (tertiary/aromatic N) is 2. The highest BCUT2D eigenvalue weighted by molar-refractivity contribution is 5.97. The van der Waals surface area contributed by atoms with Gasteiger partial charge in [0.05, 0.1) is 5.69 Å². The summed E-state index contributed by atoms with van der Waals surface area (Å²) < 4.78 is 1.39. The number of amides is 2. The Morgan fingerprint density at radius 1 is 1.08 bits per heavy atom. The lowest BCUT2D eigenvalue weighted by Crippen LogP contribution is -2.28. The standard InChI is InChI=1S/C20H20N4O2/c1-14(15-8-4-2-5-9-15)13-22-20(26)17-12-18(19(21)25)24(23-17)16-10-6-3-7-11-16/h2-12,14H,13H2,1H3,(H2,21,25)(H,22,26)/t14-/m1/s1. The summed E-state index contributed by atoms with van der Waals surface area (Å²) in [6.07, 6.45) is 0. The average molecular weight is 348 g/mol. The van der Waals surface area contributed by atoms with Gasteiger partial charge in [-0.05, 0) is 23.6 Å². The van der Waals surface area contributed by atoms with Crippen molar-refractivity contribution < 1.29 is 9.59 Å². The molecule has 132 valence electrons. The van der Waals surface area contributed by atoms with Crippen LogP contribution in [0, 0.1) is 0 Å². The van der Waals surface area contributed by atoms with E-state index >= 15 is 0 Å². The molecule has 0 saturated heterocycles. The molecular weight excluding hydrogens is 328 g/mol. The SMILES string of the molecule is C[C@H](CNC(=O)c1cc(C(N)=O)n(-c2ccccc2)n1)c1ccccc1. The van der Waals surface area contributed by atoms with Crippen LogP contribution in [0.5, 0.6) is 0 Å². The van der Waals surface area contributed by atoms with Crippen molar-refractivity contribution in [2.45, 2.75) is 12.8 Å². The molecule has 1 aromatic heterocycles. The van der Waals surface area contributed by atoms with Gasteiger partial charge in [0, 0.05) is 12.6 Å². The van der Waals surface area contributed by atoms with Crippen molar-refractivity contribution in [3.63, 3.8) is 0 Å². The Balaban J connectivity index is 1.77. The predicted molar refractivity (Wildman–Crippen MR) is 99.3 cm³/mol. The Kier molecular flexibility index (Phi) is 5.12. The predicted octanol–water partition coefficient (Wildman–Crippen LogP) is 2.50. The van der Waals surface area contributed by atoms with Crippen molar-refractivity contribution in [3.05, 3.63) is 83.7 Å². The van der Waals surface area contributed by atoms with Gasteiger partial charge in [0.1, 0.15) is 5.69 Å². The van der Waals surface area contributed by atoms with Gasteiger partial charge in [-0.15, -0.1) is 0 Å². The zero-order valence-electron chi connectivity index (χ0n) is 14.4. The summed E-state index contributed by atoms with van der Waals surface area (Å²) in [4.78, 5) is 24.2. The summed E-state index contributed by atoms with van der Waals surface area (Å²) in [6, 6.07) is 20.4. The van der Waals surface area contributed by atoms with Gasteiger partial charge < -0.3 is 11.1 Å². The topological polar surface area (TPSA) is 90.0 Å². The summed E-state index contributed by atoms with van der Waals surface area (Å²) in [5.41, 5.74) is 7.56. The maximum atomic E-state index is 12.5. The molecule has 26 heavy (non-hydrogen) atoms. The molecule has 0 aliphatic carbocycles. The molecule has 0 radical (unpaired) electrons. The molecule has 2 aromatic carbocycles. The number of primary amides is 1. The highest BCUT2D eigenvalue weighted by Gasteiger charge is 2.19. The van der Waals surface area contributed by atoms with Gasteiger partial charge in [-0.3, -0.25) is 9.59 Å². The zero-order valence-corrected chi connectivity index (χ0v) is 14.4. The van der Waals surface area contributed by atoms with Gasteiger partial charge in [-0.2, -0.15) is 5.10 Å². The van der Waals surface area contributed by atoms with E-state index < -0.39 is 5.91 Å². The number of aromatic nitrogens is 2. The smallest absolute Gasteiger partial charge is 0.271 e. The van der Waals surface area contributed by atoms with E-state index in [0.717, 1.165) is 5.56 Å². The quantitative estimate of drug-likeness (QED) is 0.717. The molecule has 0 saturated carbocycles. The highest BCUT2D eigenvalue weighted by Crippen LogP contribution is 2.15. The van der Waals surface area contributed by atoms with Crippen LogP contribution in [0.2, 0.25) is 0 Å². The van der Waals surface area contributed by atoms with Crippen LogP contribution in [0.4, 0.5) is 0 Å². The van der Waals surface area contributed by atoms with Crippen molar-refractivity contribution in [1.29, 1.82) is 0 Å². The van der Waals surface area contributed by atoms with Crippen LogP contribution in [0.1, 0.15) is 39.4 Å². The van der Waals surface area contributed by atoms with Crippen LogP contribution in [-0.4, -0.2) is 28.1 Å². The van der Waals surface area contributed by atoms with E-state index in [4.69, 9.17) is 5.73 Å². The molecule has 1 atom stereocenters. The van der Waals surface area contributed by atoms with E-state index in [1.165, 1.54) is 10.7 Å². The van der Waals surface area contributed by atoms with Crippen molar-refractivity contribution >= 4 is 11.8 Å². The molecule has 3 rings (SSSR count). The van der Waals surface area contributed by atoms with Gasteiger partial charge in [0.2, 0.25) is 0 Å². The second-order valence-corrected chi connectivity index (χ2v) is 6.05. The third kappa shape index (κ3) is 3.80. The fourth-order valence-corrected chi connectivity index (χ4v) is 2.67. The first-order chi connectivity index (χ1) is 12.6. The number of nitrogens with one attached hydrogen (secondary N) is 1. The first kappa shape index (κ1) is 17.4.